The van der Waals surface area contributed by atoms with Gasteiger partial charge >= 0.3 is 0 Å². The molecule has 7 nitrogen and oxygen atoms in total. The Balaban J connectivity index is 1.78. The van der Waals surface area contributed by atoms with Crippen LogP contribution in [0.15, 0.2) is 34.9 Å². The molecular weight excluding hydrogens is 332 g/mol. The van der Waals surface area contributed by atoms with Crippen molar-refractivity contribution in [2.24, 2.45) is 0 Å². The third kappa shape index (κ3) is 3.45. The number of hydrogen-bond acceptors (Lipinski definition) is 5. The molecule has 2 amide bonds. The van der Waals surface area contributed by atoms with Gasteiger partial charge in [0.05, 0.1) is 11.6 Å². The molecule has 0 spiro atoms. The number of benzene rings is 1. The van der Waals surface area contributed by atoms with Crippen molar-refractivity contribution in [1.29, 1.82) is 5.26 Å². The van der Waals surface area contributed by atoms with Crippen LogP contribution in [0, 0.1) is 11.3 Å². The van der Waals surface area contributed by atoms with Crippen LogP contribution in [-0.2, 0) is 15.0 Å². The first-order valence-electron chi connectivity index (χ1n) is 8.40. The van der Waals surface area contributed by atoms with Crippen LogP contribution in [0.25, 0.3) is 0 Å². The standard InChI is InChI=1S/C19H20N4O3/c1-19(2,3)15-10-16(22-26-15)21-18(25)14-8-9-17(24)23(14)13-6-4-12(11-20)5-7-13/h4-7,10,14H,8-9H2,1-3H3,(H,21,22,25)/t14-/m0/s1. The normalized spacial score (nSPS) is 17.2. The van der Waals surface area contributed by atoms with Gasteiger partial charge in [0.15, 0.2) is 5.82 Å². The summed E-state index contributed by atoms with van der Waals surface area (Å²) in [7, 11) is 0. The molecule has 134 valence electrons. The zero-order valence-corrected chi connectivity index (χ0v) is 14.9. The van der Waals surface area contributed by atoms with E-state index in [-0.39, 0.29) is 17.2 Å². The molecule has 2 aromatic rings. The lowest BCUT2D eigenvalue weighted by Crippen LogP contribution is -2.41. The van der Waals surface area contributed by atoms with E-state index in [2.05, 4.69) is 10.5 Å². The van der Waals surface area contributed by atoms with Crippen molar-refractivity contribution in [3.05, 3.63) is 41.7 Å². The highest BCUT2D eigenvalue weighted by molar-refractivity contribution is 6.07. The van der Waals surface area contributed by atoms with Crippen molar-refractivity contribution in [3.63, 3.8) is 0 Å². The van der Waals surface area contributed by atoms with Crippen LogP contribution in [0.4, 0.5) is 11.5 Å². The van der Waals surface area contributed by atoms with Gasteiger partial charge in [-0.1, -0.05) is 25.9 Å². The Kier molecular flexibility index (Phi) is 4.51. The largest absolute Gasteiger partial charge is 0.359 e. The Morgan fingerprint density at radius 2 is 2.04 bits per heavy atom. The predicted octanol–water partition coefficient (Wildman–Crippen LogP) is 2.98. The van der Waals surface area contributed by atoms with E-state index < -0.39 is 6.04 Å². The van der Waals surface area contributed by atoms with E-state index >= 15 is 0 Å². The Morgan fingerprint density at radius 3 is 2.62 bits per heavy atom. The van der Waals surface area contributed by atoms with Crippen LogP contribution in [0.5, 0.6) is 0 Å². The van der Waals surface area contributed by atoms with Crippen molar-refractivity contribution in [1.82, 2.24) is 5.16 Å². The zero-order valence-electron chi connectivity index (χ0n) is 14.9. The molecule has 1 aliphatic heterocycles. The maximum atomic E-state index is 12.7. The lowest BCUT2D eigenvalue weighted by atomic mass is 9.93. The van der Waals surface area contributed by atoms with E-state index in [4.69, 9.17) is 9.78 Å². The van der Waals surface area contributed by atoms with Crippen LogP contribution >= 0.6 is 0 Å². The molecule has 3 rings (SSSR count). The first-order valence-corrected chi connectivity index (χ1v) is 8.40. The number of hydrogen-bond donors (Lipinski definition) is 1. The number of amides is 2. The third-order valence-electron chi connectivity index (χ3n) is 4.29. The second-order valence-electron chi connectivity index (χ2n) is 7.29. The molecule has 0 unspecified atom stereocenters. The second kappa shape index (κ2) is 6.64. The zero-order chi connectivity index (χ0) is 18.9. The molecule has 0 radical (unpaired) electrons. The SMILES string of the molecule is CC(C)(C)c1cc(NC(=O)[C@@H]2CCC(=O)N2c2ccc(C#N)cc2)no1. The second-order valence-corrected chi connectivity index (χ2v) is 7.29. The van der Waals surface area contributed by atoms with E-state index in [1.54, 1.807) is 30.3 Å². The minimum Gasteiger partial charge on any atom is -0.359 e. The Bertz CT molecular complexity index is 871. The molecule has 0 bridgehead atoms. The molecule has 1 aromatic carbocycles. The first-order chi connectivity index (χ1) is 12.3. The van der Waals surface area contributed by atoms with Gasteiger partial charge in [0, 0.05) is 23.6 Å². The lowest BCUT2D eigenvalue weighted by Gasteiger charge is -2.23. The fourth-order valence-electron chi connectivity index (χ4n) is 2.85. The van der Waals surface area contributed by atoms with Crippen molar-refractivity contribution in [2.45, 2.75) is 45.1 Å². The number of carbonyl (C=O) groups is 2. The number of carbonyl (C=O) groups excluding carboxylic acids is 2. The highest BCUT2D eigenvalue weighted by atomic mass is 16.5. The summed E-state index contributed by atoms with van der Waals surface area (Å²) in [6.45, 7) is 5.96. The molecule has 0 aliphatic carbocycles. The summed E-state index contributed by atoms with van der Waals surface area (Å²) in [5.41, 5.74) is 0.884. The van der Waals surface area contributed by atoms with Gasteiger partial charge < -0.3 is 9.84 Å². The van der Waals surface area contributed by atoms with E-state index in [1.807, 2.05) is 26.8 Å². The Morgan fingerprint density at radius 1 is 1.35 bits per heavy atom. The summed E-state index contributed by atoms with van der Waals surface area (Å²) >= 11 is 0. The van der Waals surface area contributed by atoms with Crippen LogP contribution in [0.2, 0.25) is 0 Å². The average Bonchev–Trinajstić information content (AvgIpc) is 3.21. The molecule has 1 N–H and O–H groups in total. The Labute approximate surface area is 151 Å². The van der Waals surface area contributed by atoms with Gasteiger partial charge in [-0.05, 0) is 30.7 Å². The van der Waals surface area contributed by atoms with Gasteiger partial charge in [-0.25, -0.2) is 0 Å². The van der Waals surface area contributed by atoms with Gasteiger partial charge in [0.25, 0.3) is 0 Å². The number of nitrogens with zero attached hydrogens (tertiary/aromatic N) is 3. The molecule has 1 atom stereocenters. The van der Waals surface area contributed by atoms with Crippen molar-refractivity contribution in [2.75, 3.05) is 10.2 Å². The molecule has 1 fully saturated rings. The summed E-state index contributed by atoms with van der Waals surface area (Å²) in [5.74, 6) is 0.567. The van der Waals surface area contributed by atoms with E-state index in [0.29, 0.717) is 35.7 Å². The number of anilines is 2. The molecule has 1 aliphatic rings. The average molecular weight is 352 g/mol. The summed E-state index contributed by atoms with van der Waals surface area (Å²) in [6, 6.07) is 9.72. The van der Waals surface area contributed by atoms with E-state index in [1.165, 1.54) is 4.90 Å². The predicted molar refractivity (Wildman–Crippen MR) is 95.5 cm³/mol. The fraction of sp³-hybridized carbons (Fsp3) is 0.368. The Hall–Kier alpha value is -3.14. The fourth-order valence-corrected chi connectivity index (χ4v) is 2.85. The smallest absolute Gasteiger partial charge is 0.248 e. The highest BCUT2D eigenvalue weighted by Crippen LogP contribution is 2.29. The molecule has 0 saturated carbocycles. The van der Waals surface area contributed by atoms with Gasteiger partial charge in [-0.15, -0.1) is 0 Å². The molecule has 2 heterocycles. The summed E-state index contributed by atoms with van der Waals surface area (Å²) in [5, 5.41) is 15.5. The molecular formula is C19H20N4O3. The number of nitriles is 1. The summed E-state index contributed by atoms with van der Waals surface area (Å²) in [4.78, 5) is 26.4. The third-order valence-corrected chi connectivity index (χ3v) is 4.29. The minimum absolute atomic E-state index is 0.120. The van der Waals surface area contributed by atoms with Crippen LogP contribution in [-0.4, -0.2) is 23.0 Å². The highest BCUT2D eigenvalue weighted by Gasteiger charge is 2.37. The quantitative estimate of drug-likeness (QED) is 0.915. The summed E-state index contributed by atoms with van der Waals surface area (Å²) < 4.78 is 5.27. The summed E-state index contributed by atoms with van der Waals surface area (Å²) in [6.07, 6.45) is 0.721. The van der Waals surface area contributed by atoms with Gasteiger partial charge in [0.1, 0.15) is 11.8 Å². The number of rotatable bonds is 3. The van der Waals surface area contributed by atoms with Crippen molar-refractivity contribution in [3.8, 4) is 6.07 Å². The molecule has 1 aromatic heterocycles. The molecule has 7 heteroatoms. The van der Waals surface area contributed by atoms with Crippen LogP contribution in [0.3, 0.4) is 0 Å². The first kappa shape index (κ1) is 17.7. The minimum atomic E-state index is -0.620. The molecule has 26 heavy (non-hydrogen) atoms. The van der Waals surface area contributed by atoms with Gasteiger partial charge in [-0.3, -0.25) is 14.5 Å². The topological polar surface area (TPSA) is 99.2 Å². The van der Waals surface area contributed by atoms with Crippen LogP contribution < -0.4 is 10.2 Å². The number of nitrogens with one attached hydrogen (secondary N) is 1. The van der Waals surface area contributed by atoms with Crippen molar-refractivity contribution >= 4 is 23.3 Å². The van der Waals surface area contributed by atoms with Gasteiger partial charge in [0.2, 0.25) is 11.8 Å². The maximum Gasteiger partial charge on any atom is 0.248 e. The maximum absolute atomic E-state index is 12.7. The van der Waals surface area contributed by atoms with Crippen molar-refractivity contribution < 1.29 is 14.1 Å². The van der Waals surface area contributed by atoms with E-state index in [9.17, 15) is 9.59 Å². The molecule has 1 saturated heterocycles. The number of aromatic nitrogens is 1. The van der Waals surface area contributed by atoms with Crippen LogP contribution in [0.1, 0.15) is 44.9 Å². The van der Waals surface area contributed by atoms with Gasteiger partial charge in [-0.2, -0.15) is 5.26 Å². The lowest BCUT2D eigenvalue weighted by molar-refractivity contribution is -0.120. The monoisotopic (exact) mass is 352 g/mol. The van der Waals surface area contributed by atoms with E-state index in [0.717, 1.165) is 0 Å².